The van der Waals surface area contributed by atoms with E-state index in [2.05, 4.69) is 35.2 Å². The molecule has 0 saturated heterocycles. The maximum Gasteiger partial charge on any atom is 0.115 e. The first kappa shape index (κ1) is 12.0. The van der Waals surface area contributed by atoms with Crippen molar-refractivity contribution in [3.63, 3.8) is 0 Å². The van der Waals surface area contributed by atoms with E-state index in [1.807, 2.05) is 14.1 Å². The summed E-state index contributed by atoms with van der Waals surface area (Å²) in [5.74, 6) is 0. The van der Waals surface area contributed by atoms with Crippen molar-refractivity contribution < 1.29 is 0 Å². The summed E-state index contributed by atoms with van der Waals surface area (Å²) in [4.78, 5) is 8.19. The highest BCUT2D eigenvalue weighted by molar-refractivity contribution is 5.07. The van der Waals surface area contributed by atoms with Crippen LogP contribution in [0.4, 0.5) is 0 Å². The number of hydrogen-bond donors (Lipinski definition) is 1. The lowest BCUT2D eigenvalue weighted by Crippen LogP contribution is -1.92. The van der Waals surface area contributed by atoms with Gasteiger partial charge < -0.3 is 5.32 Å². The predicted molar refractivity (Wildman–Crippen MR) is 55.8 cm³/mol. The number of nitrogens with one attached hydrogen (secondary N) is 1. The molecule has 1 heterocycles. The second-order valence-electron chi connectivity index (χ2n) is 2.71. The Morgan fingerprint density at radius 3 is 1.77 bits per heavy atom. The predicted octanol–water partition coefficient (Wildman–Crippen LogP) is 1.44. The molecule has 0 unspecified atom stereocenters. The summed E-state index contributed by atoms with van der Waals surface area (Å²) in [6.07, 6.45) is 3.63. The van der Waals surface area contributed by atoms with Crippen LogP contribution in [0.2, 0.25) is 0 Å². The molecule has 0 bridgehead atoms. The maximum absolute atomic E-state index is 4.09. The molecule has 13 heavy (non-hydrogen) atoms. The summed E-state index contributed by atoms with van der Waals surface area (Å²) < 4.78 is 0. The van der Waals surface area contributed by atoms with Crippen molar-refractivity contribution in [2.45, 2.75) is 26.7 Å². The summed E-state index contributed by atoms with van der Waals surface area (Å²) >= 11 is 0. The highest BCUT2D eigenvalue weighted by Gasteiger charge is 1.92. The standard InChI is InChI=1S/C8H12N2.C2H7N/c1-3-7-5-8(4-2)10-6-9-7;1-3-2/h5-6H,3-4H2,1-2H3;3H,1-2H3. The van der Waals surface area contributed by atoms with Gasteiger partial charge in [0.25, 0.3) is 0 Å². The zero-order valence-electron chi connectivity index (χ0n) is 8.96. The Morgan fingerprint density at radius 2 is 1.46 bits per heavy atom. The van der Waals surface area contributed by atoms with E-state index in [-0.39, 0.29) is 0 Å². The van der Waals surface area contributed by atoms with Gasteiger partial charge in [-0.1, -0.05) is 13.8 Å². The summed E-state index contributed by atoms with van der Waals surface area (Å²) in [7, 11) is 3.75. The van der Waals surface area contributed by atoms with Crippen LogP contribution in [-0.2, 0) is 12.8 Å². The Labute approximate surface area is 80.6 Å². The fraction of sp³-hybridized carbons (Fsp3) is 0.600. The summed E-state index contributed by atoms with van der Waals surface area (Å²) in [5, 5.41) is 2.75. The van der Waals surface area contributed by atoms with E-state index in [9.17, 15) is 0 Å². The van der Waals surface area contributed by atoms with Crippen molar-refractivity contribution >= 4 is 0 Å². The summed E-state index contributed by atoms with van der Waals surface area (Å²) in [6.45, 7) is 4.20. The number of hydrogen-bond acceptors (Lipinski definition) is 3. The normalized spacial score (nSPS) is 8.92. The molecule has 0 aliphatic heterocycles. The Morgan fingerprint density at radius 1 is 1.08 bits per heavy atom. The van der Waals surface area contributed by atoms with Crippen LogP contribution < -0.4 is 5.32 Å². The lowest BCUT2D eigenvalue weighted by molar-refractivity contribution is 0.935. The third kappa shape index (κ3) is 5.31. The van der Waals surface area contributed by atoms with Crippen molar-refractivity contribution in [1.29, 1.82) is 0 Å². The molecule has 74 valence electrons. The van der Waals surface area contributed by atoms with Crippen LogP contribution in [0.25, 0.3) is 0 Å². The molecule has 1 aromatic heterocycles. The molecular formula is C10H19N3. The summed E-state index contributed by atoms with van der Waals surface area (Å²) in [6, 6.07) is 2.06. The van der Waals surface area contributed by atoms with Crippen LogP contribution in [0.5, 0.6) is 0 Å². The van der Waals surface area contributed by atoms with Gasteiger partial charge in [0.05, 0.1) is 0 Å². The first-order valence-electron chi connectivity index (χ1n) is 4.66. The largest absolute Gasteiger partial charge is 0.323 e. The van der Waals surface area contributed by atoms with E-state index in [0.29, 0.717) is 0 Å². The zero-order valence-corrected chi connectivity index (χ0v) is 8.96. The number of aromatic nitrogens is 2. The third-order valence-corrected chi connectivity index (χ3v) is 1.50. The van der Waals surface area contributed by atoms with Crippen LogP contribution >= 0.6 is 0 Å². The van der Waals surface area contributed by atoms with Crippen LogP contribution in [0.3, 0.4) is 0 Å². The van der Waals surface area contributed by atoms with Gasteiger partial charge in [-0.25, -0.2) is 9.97 Å². The molecule has 1 aromatic rings. The first-order chi connectivity index (χ1) is 6.28. The SMILES string of the molecule is CCc1cc(CC)ncn1.CNC. The summed E-state index contributed by atoms with van der Waals surface area (Å²) in [5.41, 5.74) is 2.26. The quantitative estimate of drug-likeness (QED) is 0.750. The minimum atomic E-state index is 0.996. The van der Waals surface area contributed by atoms with E-state index in [1.54, 1.807) is 6.33 Å². The topological polar surface area (TPSA) is 37.8 Å². The first-order valence-corrected chi connectivity index (χ1v) is 4.66. The van der Waals surface area contributed by atoms with Gasteiger partial charge in [-0.05, 0) is 33.0 Å². The van der Waals surface area contributed by atoms with Gasteiger partial charge in [0.1, 0.15) is 6.33 Å². The van der Waals surface area contributed by atoms with Crippen molar-refractivity contribution in [3.8, 4) is 0 Å². The van der Waals surface area contributed by atoms with Gasteiger partial charge in [-0.15, -0.1) is 0 Å². The molecule has 3 heteroatoms. The molecule has 0 aliphatic rings. The zero-order chi connectivity index (χ0) is 10.1. The Hall–Kier alpha value is -0.960. The van der Waals surface area contributed by atoms with Crippen LogP contribution in [0, 0.1) is 0 Å². The molecule has 0 aliphatic carbocycles. The molecule has 1 rings (SSSR count). The second-order valence-corrected chi connectivity index (χ2v) is 2.71. The van der Waals surface area contributed by atoms with Gasteiger partial charge in [0.15, 0.2) is 0 Å². The van der Waals surface area contributed by atoms with Gasteiger partial charge in [0, 0.05) is 11.4 Å². The van der Waals surface area contributed by atoms with Gasteiger partial charge in [-0.2, -0.15) is 0 Å². The fourth-order valence-electron chi connectivity index (χ4n) is 0.831. The maximum atomic E-state index is 4.09. The molecule has 0 amide bonds. The third-order valence-electron chi connectivity index (χ3n) is 1.50. The second kappa shape index (κ2) is 7.68. The molecule has 0 aromatic carbocycles. The Kier molecular flexibility index (Phi) is 7.11. The minimum Gasteiger partial charge on any atom is -0.323 e. The fourth-order valence-corrected chi connectivity index (χ4v) is 0.831. The molecule has 1 N–H and O–H groups in total. The molecular weight excluding hydrogens is 162 g/mol. The molecule has 0 saturated carbocycles. The van der Waals surface area contributed by atoms with Gasteiger partial charge in [0.2, 0.25) is 0 Å². The lowest BCUT2D eigenvalue weighted by Gasteiger charge is -1.96. The minimum absolute atomic E-state index is 0.996. The van der Waals surface area contributed by atoms with E-state index in [4.69, 9.17) is 0 Å². The molecule has 0 atom stereocenters. The number of rotatable bonds is 2. The van der Waals surface area contributed by atoms with E-state index < -0.39 is 0 Å². The Bertz CT molecular complexity index is 204. The lowest BCUT2D eigenvalue weighted by atomic mass is 10.2. The molecule has 0 radical (unpaired) electrons. The van der Waals surface area contributed by atoms with Gasteiger partial charge in [-0.3, -0.25) is 0 Å². The number of aryl methyl sites for hydroxylation is 2. The van der Waals surface area contributed by atoms with Crippen LogP contribution in [-0.4, -0.2) is 24.1 Å². The highest BCUT2D eigenvalue weighted by atomic mass is 14.8. The average molecular weight is 181 g/mol. The highest BCUT2D eigenvalue weighted by Crippen LogP contribution is 1.98. The van der Waals surface area contributed by atoms with Crippen molar-refractivity contribution in [3.05, 3.63) is 23.8 Å². The number of nitrogens with zero attached hydrogens (tertiary/aromatic N) is 2. The van der Waals surface area contributed by atoms with Gasteiger partial charge >= 0.3 is 0 Å². The van der Waals surface area contributed by atoms with E-state index in [1.165, 1.54) is 0 Å². The smallest absolute Gasteiger partial charge is 0.115 e. The molecule has 3 nitrogen and oxygen atoms in total. The molecule has 0 spiro atoms. The van der Waals surface area contributed by atoms with Crippen molar-refractivity contribution in [2.75, 3.05) is 14.1 Å². The van der Waals surface area contributed by atoms with Crippen molar-refractivity contribution in [1.82, 2.24) is 15.3 Å². The Balaban J connectivity index is 0.000000424. The van der Waals surface area contributed by atoms with E-state index >= 15 is 0 Å². The monoisotopic (exact) mass is 181 g/mol. The van der Waals surface area contributed by atoms with E-state index in [0.717, 1.165) is 24.2 Å². The van der Waals surface area contributed by atoms with Crippen LogP contribution in [0.1, 0.15) is 25.2 Å². The molecule has 0 fully saturated rings. The van der Waals surface area contributed by atoms with Crippen molar-refractivity contribution in [2.24, 2.45) is 0 Å². The average Bonchev–Trinajstić information content (AvgIpc) is 2.19. The van der Waals surface area contributed by atoms with Crippen LogP contribution in [0.15, 0.2) is 12.4 Å².